The van der Waals surface area contributed by atoms with E-state index in [9.17, 15) is 0 Å². The molecule has 0 amide bonds. The zero-order valence-corrected chi connectivity index (χ0v) is 18.2. The van der Waals surface area contributed by atoms with Crippen molar-refractivity contribution < 1.29 is 0 Å². The predicted octanol–water partition coefficient (Wildman–Crippen LogP) is 6.75. The van der Waals surface area contributed by atoms with Crippen LogP contribution in [0.5, 0.6) is 0 Å². The summed E-state index contributed by atoms with van der Waals surface area (Å²) in [4.78, 5) is 2.58. The van der Waals surface area contributed by atoms with Crippen LogP contribution in [0.2, 0.25) is 0 Å². The Morgan fingerprint density at radius 2 is 1.00 bits per heavy atom. The van der Waals surface area contributed by atoms with E-state index in [1.807, 2.05) is 11.8 Å². The largest absolute Gasteiger partial charge is 0.0894 e. The number of rotatable bonds is 5. The van der Waals surface area contributed by atoms with Gasteiger partial charge in [0, 0.05) is 15.2 Å². The molecule has 0 aromatic heterocycles. The van der Waals surface area contributed by atoms with E-state index < -0.39 is 7.92 Å². The molecule has 0 radical (unpaired) electrons. The lowest BCUT2D eigenvalue weighted by Crippen LogP contribution is -2.21. The lowest BCUT2D eigenvalue weighted by molar-refractivity contribution is 1.44. The van der Waals surface area contributed by atoms with Crippen molar-refractivity contribution in [1.29, 1.82) is 0 Å². The maximum atomic E-state index is 2.32. The molecule has 0 fully saturated rings. The zero-order valence-electron chi connectivity index (χ0n) is 16.5. The van der Waals surface area contributed by atoms with Crippen LogP contribution in [-0.2, 0) is 0 Å². The van der Waals surface area contributed by atoms with E-state index in [-0.39, 0.29) is 0 Å². The Labute approximate surface area is 183 Å². The number of fused-ring (bicyclic) bond motifs is 1. The Kier molecular flexibility index (Phi) is 5.66. The second kappa shape index (κ2) is 8.88. The molecule has 5 aromatic carbocycles. The fourth-order valence-corrected chi connectivity index (χ4v) is 7.36. The minimum atomic E-state index is -0.650. The van der Waals surface area contributed by atoms with Crippen molar-refractivity contribution in [3.63, 3.8) is 0 Å². The SMILES string of the molecule is c1ccc(Sc2cccc3cccc(P(c4ccccc4)c4ccccc4)c23)cc1. The fraction of sp³-hybridized carbons (Fsp3) is 0. The van der Waals surface area contributed by atoms with Crippen molar-refractivity contribution in [1.82, 2.24) is 0 Å². The molecule has 5 rings (SSSR count). The van der Waals surface area contributed by atoms with Crippen LogP contribution in [0.15, 0.2) is 137 Å². The number of benzene rings is 5. The first-order valence-corrected chi connectivity index (χ1v) is 12.2. The van der Waals surface area contributed by atoms with Gasteiger partial charge in [-0.3, -0.25) is 0 Å². The third-order valence-electron chi connectivity index (χ3n) is 5.09. The summed E-state index contributed by atoms with van der Waals surface area (Å²) in [5, 5.41) is 6.84. The van der Waals surface area contributed by atoms with E-state index in [0.717, 1.165) is 0 Å². The van der Waals surface area contributed by atoms with Crippen LogP contribution in [0.25, 0.3) is 10.8 Å². The highest BCUT2D eigenvalue weighted by Gasteiger charge is 2.20. The minimum absolute atomic E-state index is 0.650. The smallest absolute Gasteiger partial charge is 0.0207 e. The van der Waals surface area contributed by atoms with Crippen LogP contribution in [0.4, 0.5) is 0 Å². The van der Waals surface area contributed by atoms with Crippen LogP contribution in [0, 0.1) is 0 Å². The second-order valence-corrected chi connectivity index (χ2v) is 10.4. The fourth-order valence-electron chi connectivity index (χ4n) is 3.76. The van der Waals surface area contributed by atoms with Gasteiger partial charge in [-0.1, -0.05) is 121 Å². The molecule has 0 unspecified atom stereocenters. The van der Waals surface area contributed by atoms with Crippen molar-refractivity contribution in [2.45, 2.75) is 9.79 Å². The van der Waals surface area contributed by atoms with Gasteiger partial charge in [0.25, 0.3) is 0 Å². The normalized spacial score (nSPS) is 11.1. The maximum absolute atomic E-state index is 2.32. The minimum Gasteiger partial charge on any atom is -0.0894 e. The lowest BCUT2D eigenvalue weighted by atomic mass is 10.1. The van der Waals surface area contributed by atoms with Gasteiger partial charge in [-0.25, -0.2) is 0 Å². The first-order valence-electron chi connectivity index (χ1n) is 10.0. The standard InChI is InChI=1S/C28H21PS/c1-4-14-23(15-5-1)29(24-16-6-2-7-17-24)26-20-10-12-22-13-11-21-27(28(22)26)30-25-18-8-3-9-19-25/h1-21H. The summed E-state index contributed by atoms with van der Waals surface area (Å²) < 4.78 is 0. The summed E-state index contributed by atoms with van der Waals surface area (Å²) in [6.07, 6.45) is 0. The van der Waals surface area contributed by atoms with Gasteiger partial charge < -0.3 is 0 Å². The summed E-state index contributed by atoms with van der Waals surface area (Å²) >= 11 is 1.85. The lowest BCUT2D eigenvalue weighted by Gasteiger charge is -2.22. The number of hydrogen-bond donors (Lipinski definition) is 0. The monoisotopic (exact) mass is 420 g/mol. The Balaban J connectivity index is 1.74. The van der Waals surface area contributed by atoms with Gasteiger partial charge in [-0.15, -0.1) is 0 Å². The highest BCUT2D eigenvalue weighted by Crippen LogP contribution is 2.40. The Morgan fingerprint density at radius 3 is 1.60 bits per heavy atom. The van der Waals surface area contributed by atoms with Crippen LogP contribution >= 0.6 is 19.7 Å². The van der Waals surface area contributed by atoms with Crippen molar-refractivity contribution >= 4 is 46.4 Å². The summed E-state index contributed by atoms with van der Waals surface area (Å²) in [7, 11) is -0.650. The molecule has 2 heteroatoms. The summed E-state index contributed by atoms with van der Waals surface area (Å²) in [5.41, 5.74) is 0. The summed E-state index contributed by atoms with van der Waals surface area (Å²) in [6, 6.07) is 46.0. The van der Waals surface area contributed by atoms with Crippen LogP contribution in [0.3, 0.4) is 0 Å². The quantitative estimate of drug-likeness (QED) is 0.283. The molecule has 144 valence electrons. The molecule has 30 heavy (non-hydrogen) atoms. The van der Waals surface area contributed by atoms with Crippen LogP contribution in [-0.4, -0.2) is 0 Å². The van der Waals surface area contributed by atoms with Gasteiger partial charge in [0.2, 0.25) is 0 Å². The predicted molar refractivity (Wildman–Crippen MR) is 133 cm³/mol. The first-order chi connectivity index (χ1) is 14.9. The highest BCUT2D eigenvalue weighted by atomic mass is 32.2. The van der Waals surface area contributed by atoms with E-state index in [1.54, 1.807) is 0 Å². The van der Waals surface area contributed by atoms with Crippen LogP contribution in [0.1, 0.15) is 0 Å². The average molecular weight is 421 g/mol. The third kappa shape index (κ3) is 3.92. The molecule has 0 spiro atoms. The molecule has 0 N–H and O–H groups in total. The highest BCUT2D eigenvalue weighted by molar-refractivity contribution is 7.99. The van der Waals surface area contributed by atoms with Gasteiger partial charge in [0.05, 0.1) is 0 Å². The Hall–Kier alpha value is -2.86. The maximum Gasteiger partial charge on any atom is 0.0207 e. The molecule has 5 aromatic rings. The molecular formula is C28H21PS. The van der Waals surface area contributed by atoms with Gasteiger partial charge in [0.15, 0.2) is 0 Å². The molecule has 0 bridgehead atoms. The second-order valence-electron chi connectivity index (χ2n) is 7.05. The van der Waals surface area contributed by atoms with E-state index in [0.29, 0.717) is 0 Å². The van der Waals surface area contributed by atoms with E-state index in [4.69, 9.17) is 0 Å². The molecule has 0 atom stereocenters. The molecule has 0 saturated heterocycles. The molecule has 0 aliphatic heterocycles. The van der Waals surface area contributed by atoms with Crippen molar-refractivity contribution in [3.8, 4) is 0 Å². The molecule has 0 nitrogen and oxygen atoms in total. The molecular weight excluding hydrogens is 399 g/mol. The van der Waals surface area contributed by atoms with Crippen molar-refractivity contribution in [2.75, 3.05) is 0 Å². The summed E-state index contributed by atoms with van der Waals surface area (Å²) in [6.45, 7) is 0. The molecule has 0 saturated carbocycles. The molecule has 0 heterocycles. The average Bonchev–Trinajstić information content (AvgIpc) is 2.82. The topological polar surface area (TPSA) is 0 Å². The Morgan fingerprint density at radius 1 is 0.467 bits per heavy atom. The van der Waals surface area contributed by atoms with E-state index in [1.165, 1.54) is 36.5 Å². The van der Waals surface area contributed by atoms with Gasteiger partial charge in [-0.05, 0) is 47.4 Å². The summed E-state index contributed by atoms with van der Waals surface area (Å²) in [5.74, 6) is 0. The zero-order chi connectivity index (χ0) is 20.2. The van der Waals surface area contributed by atoms with E-state index in [2.05, 4.69) is 127 Å². The van der Waals surface area contributed by atoms with Gasteiger partial charge in [-0.2, -0.15) is 0 Å². The third-order valence-corrected chi connectivity index (χ3v) is 8.64. The van der Waals surface area contributed by atoms with Gasteiger partial charge in [0.1, 0.15) is 0 Å². The van der Waals surface area contributed by atoms with Gasteiger partial charge >= 0.3 is 0 Å². The van der Waals surface area contributed by atoms with Crippen molar-refractivity contribution in [2.24, 2.45) is 0 Å². The molecule has 0 aliphatic carbocycles. The molecule has 0 aliphatic rings. The van der Waals surface area contributed by atoms with Crippen LogP contribution < -0.4 is 15.9 Å². The van der Waals surface area contributed by atoms with E-state index >= 15 is 0 Å². The Bertz CT molecular complexity index is 1210. The first kappa shape index (κ1) is 19.1. The number of hydrogen-bond acceptors (Lipinski definition) is 1. The van der Waals surface area contributed by atoms with Crippen molar-refractivity contribution in [3.05, 3.63) is 127 Å².